The third-order valence-electron chi connectivity index (χ3n) is 5.74. The summed E-state index contributed by atoms with van der Waals surface area (Å²) in [5.74, 6) is 0.256. The Kier molecular flexibility index (Phi) is 8.34. The number of anilines is 1. The highest BCUT2D eigenvalue weighted by Gasteiger charge is 2.23. The van der Waals surface area contributed by atoms with Gasteiger partial charge in [0.2, 0.25) is 15.9 Å². The van der Waals surface area contributed by atoms with Gasteiger partial charge >= 0.3 is 0 Å². The number of sulfonamides is 1. The van der Waals surface area contributed by atoms with Crippen molar-refractivity contribution in [2.75, 3.05) is 17.1 Å². The van der Waals surface area contributed by atoms with Crippen molar-refractivity contribution in [1.82, 2.24) is 5.32 Å². The second-order valence-electron chi connectivity index (χ2n) is 8.41. The number of carbonyl (C=O) groups excluding carboxylic acids is 1. The molecule has 180 valence electrons. The molecule has 0 saturated heterocycles. The molecular formula is C27H32N2O4S. The van der Waals surface area contributed by atoms with E-state index in [0.29, 0.717) is 24.5 Å². The Morgan fingerprint density at radius 3 is 2.24 bits per heavy atom. The third kappa shape index (κ3) is 6.84. The number of hydrogen-bond acceptors (Lipinski definition) is 4. The van der Waals surface area contributed by atoms with Crippen LogP contribution in [0.1, 0.15) is 41.6 Å². The number of nitrogens with one attached hydrogen (secondary N) is 1. The van der Waals surface area contributed by atoms with Crippen molar-refractivity contribution in [3.63, 3.8) is 0 Å². The highest BCUT2D eigenvalue weighted by molar-refractivity contribution is 7.92. The smallest absolute Gasteiger partial charge is 0.241 e. The van der Waals surface area contributed by atoms with Crippen molar-refractivity contribution in [2.45, 2.75) is 39.8 Å². The van der Waals surface area contributed by atoms with E-state index < -0.39 is 10.0 Å². The van der Waals surface area contributed by atoms with Crippen molar-refractivity contribution in [1.29, 1.82) is 0 Å². The molecule has 3 aromatic carbocycles. The van der Waals surface area contributed by atoms with Crippen LogP contribution in [0, 0.1) is 13.8 Å². The number of rotatable bonds is 10. The minimum absolute atomic E-state index is 0.193. The van der Waals surface area contributed by atoms with Gasteiger partial charge < -0.3 is 10.1 Å². The van der Waals surface area contributed by atoms with Gasteiger partial charge in [0.15, 0.2) is 0 Å². The molecular weight excluding hydrogens is 448 g/mol. The largest absolute Gasteiger partial charge is 0.489 e. The maximum Gasteiger partial charge on any atom is 0.241 e. The van der Waals surface area contributed by atoms with E-state index in [9.17, 15) is 13.2 Å². The van der Waals surface area contributed by atoms with E-state index in [1.54, 1.807) is 24.3 Å². The SMILES string of the molecule is CCC(NC(=O)CN(c1ccc(OCc2ccccc2)cc1)S(C)(=O)=O)c1ccc(C)c(C)c1. The summed E-state index contributed by atoms with van der Waals surface area (Å²) >= 11 is 0. The minimum atomic E-state index is -3.67. The van der Waals surface area contributed by atoms with Gasteiger partial charge in [0.25, 0.3) is 0 Å². The van der Waals surface area contributed by atoms with Crippen molar-refractivity contribution in [3.8, 4) is 5.75 Å². The lowest BCUT2D eigenvalue weighted by Gasteiger charge is -2.24. The maximum absolute atomic E-state index is 12.9. The summed E-state index contributed by atoms with van der Waals surface area (Å²) < 4.78 is 31.9. The highest BCUT2D eigenvalue weighted by Crippen LogP contribution is 2.23. The van der Waals surface area contributed by atoms with Gasteiger partial charge in [-0.1, -0.05) is 55.5 Å². The Labute approximate surface area is 202 Å². The molecule has 1 unspecified atom stereocenters. The molecule has 0 aromatic heterocycles. The summed E-state index contributed by atoms with van der Waals surface area (Å²) in [6.45, 7) is 6.18. The Hall–Kier alpha value is -3.32. The van der Waals surface area contributed by atoms with Crippen LogP contribution < -0.4 is 14.4 Å². The topological polar surface area (TPSA) is 75.7 Å². The summed E-state index contributed by atoms with van der Waals surface area (Å²) in [6, 6.07) is 22.4. The molecule has 0 saturated carbocycles. The van der Waals surface area contributed by atoms with E-state index in [2.05, 4.69) is 11.4 Å². The fourth-order valence-corrected chi connectivity index (χ4v) is 4.48. The van der Waals surface area contributed by atoms with Crippen LogP contribution in [0.2, 0.25) is 0 Å². The van der Waals surface area contributed by atoms with Crippen LogP contribution in [-0.2, 0) is 21.4 Å². The summed E-state index contributed by atoms with van der Waals surface area (Å²) in [5, 5.41) is 2.98. The van der Waals surface area contributed by atoms with Crippen LogP contribution in [0.4, 0.5) is 5.69 Å². The molecule has 1 N–H and O–H groups in total. The predicted octanol–water partition coefficient (Wildman–Crippen LogP) is 4.92. The van der Waals surface area contributed by atoms with Crippen LogP contribution >= 0.6 is 0 Å². The standard InChI is InChI=1S/C27H32N2O4S/c1-5-26(23-12-11-20(2)21(3)17-23)28-27(30)18-29(34(4,31)32)24-13-15-25(16-14-24)33-19-22-9-7-6-8-10-22/h6-17,26H,5,18-19H2,1-4H3,(H,28,30). The van der Waals surface area contributed by atoms with Crippen LogP contribution in [0.3, 0.4) is 0 Å². The second-order valence-corrected chi connectivity index (χ2v) is 10.3. The summed E-state index contributed by atoms with van der Waals surface area (Å²) in [6.07, 6.45) is 1.79. The van der Waals surface area contributed by atoms with Crippen LogP contribution in [-0.4, -0.2) is 27.1 Å². The van der Waals surface area contributed by atoms with Gasteiger partial charge in [-0.3, -0.25) is 9.10 Å². The lowest BCUT2D eigenvalue weighted by atomic mass is 9.99. The Morgan fingerprint density at radius 2 is 1.65 bits per heavy atom. The van der Waals surface area contributed by atoms with E-state index in [4.69, 9.17) is 4.74 Å². The molecule has 0 aliphatic rings. The Bertz CT molecular complexity index is 1210. The van der Waals surface area contributed by atoms with E-state index in [0.717, 1.165) is 27.3 Å². The van der Waals surface area contributed by atoms with Gasteiger partial charge in [0.1, 0.15) is 18.9 Å². The van der Waals surface area contributed by atoms with E-state index in [1.807, 2.05) is 63.2 Å². The first kappa shape index (κ1) is 25.3. The average Bonchev–Trinajstić information content (AvgIpc) is 2.82. The summed E-state index contributed by atoms with van der Waals surface area (Å²) in [5.41, 5.74) is 4.78. The Morgan fingerprint density at radius 1 is 0.971 bits per heavy atom. The molecule has 34 heavy (non-hydrogen) atoms. The predicted molar refractivity (Wildman–Crippen MR) is 136 cm³/mol. The van der Waals surface area contributed by atoms with Crippen molar-refractivity contribution in [3.05, 3.63) is 95.1 Å². The summed E-state index contributed by atoms with van der Waals surface area (Å²) in [7, 11) is -3.67. The first-order valence-corrected chi connectivity index (χ1v) is 13.1. The molecule has 1 atom stereocenters. The van der Waals surface area contributed by atoms with E-state index >= 15 is 0 Å². The number of aryl methyl sites for hydroxylation is 2. The van der Waals surface area contributed by atoms with Crippen LogP contribution in [0.5, 0.6) is 5.75 Å². The minimum Gasteiger partial charge on any atom is -0.489 e. The first-order valence-electron chi connectivity index (χ1n) is 11.3. The van der Waals surface area contributed by atoms with Gasteiger partial charge in [-0.2, -0.15) is 0 Å². The highest BCUT2D eigenvalue weighted by atomic mass is 32.2. The lowest BCUT2D eigenvalue weighted by molar-refractivity contribution is -0.120. The number of hydrogen-bond donors (Lipinski definition) is 1. The molecule has 7 heteroatoms. The van der Waals surface area contributed by atoms with Gasteiger partial charge in [0.05, 0.1) is 18.0 Å². The number of ether oxygens (including phenoxy) is 1. The number of benzene rings is 3. The fourth-order valence-electron chi connectivity index (χ4n) is 3.62. The zero-order chi connectivity index (χ0) is 24.7. The third-order valence-corrected chi connectivity index (χ3v) is 6.88. The fraction of sp³-hybridized carbons (Fsp3) is 0.296. The first-order chi connectivity index (χ1) is 16.2. The zero-order valence-electron chi connectivity index (χ0n) is 20.1. The molecule has 3 rings (SSSR count). The quantitative estimate of drug-likeness (QED) is 0.447. The molecule has 0 bridgehead atoms. The Balaban J connectivity index is 1.69. The molecule has 6 nitrogen and oxygen atoms in total. The number of carbonyl (C=O) groups is 1. The van der Waals surface area contributed by atoms with Gasteiger partial charge in [-0.25, -0.2) is 8.42 Å². The average molecular weight is 481 g/mol. The van der Waals surface area contributed by atoms with Crippen molar-refractivity contribution >= 4 is 21.6 Å². The molecule has 0 aliphatic carbocycles. The number of nitrogens with zero attached hydrogens (tertiary/aromatic N) is 1. The molecule has 1 amide bonds. The van der Waals surface area contributed by atoms with Gasteiger partial charge in [0, 0.05) is 0 Å². The summed E-state index contributed by atoms with van der Waals surface area (Å²) in [4.78, 5) is 12.9. The van der Waals surface area contributed by atoms with Crippen molar-refractivity contribution < 1.29 is 17.9 Å². The molecule has 0 fully saturated rings. The van der Waals surface area contributed by atoms with E-state index in [1.165, 1.54) is 5.56 Å². The zero-order valence-corrected chi connectivity index (χ0v) is 20.9. The van der Waals surface area contributed by atoms with Gasteiger partial charge in [-0.05, 0) is 66.8 Å². The van der Waals surface area contributed by atoms with Crippen LogP contribution in [0.15, 0.2) is 72.8 Å². The maximum atomic E-state index is 12.9. The normalized spacial score (nSPS) is 12.1. The van der Waals surface area contributed by atoms with Crippen LogP contribution in [0.25, 0.3) is 0 Å². The molecule has 0 aliphatic heterocycles. The second kappa shape index (κ2) is 11.2. The molecule has 3 aromatic rings. The van der Waals surface area contributed by atoms with Gasteiger partial charge in [-0.15, -0.1) is 0 Å². The monoisotopic (exact) mass is 480 g/mol. The number of amides is 1. The molecule has 0 heterocycles. The lowest BCUT2D eigenvalue weighted by Crippen LogP contribution is -2.41. The molecule has 0 radical (unpaired) electrons. The van der Waals surface area contributed by atoms with E-state index in [-0.39, 0.29) is 18.5 Å². The van der Waals surface area contributed by atoms with Crippen molar-refractivity contribution in [2.24, 2.45) is 0 Å². The molecule has 0 spiro atoms.